The van der Waals surface area contributed by atoms with Gasteiger partial charge in [-0.3, -0.25) is 28.9 Å². The van der Waals surface area contributed by atoms with Gasteiger partial charge in [0.2, 0.25) is 5.78 Å². The van der Waals surface area contributed by atoms with E-state index in [4.69, 9.17) is 5.73 Å². The van der Waals surface area contributed by atoms with Crippen molar-refractivity contribution < 1.29 is 9.59 Å². The molecule has 0 aliphatic carbocycles. The van der Waals surface area contributed by atoms with Gasteiger partial charge in [-0.05, 0) is 38.3 Å². The number of hydrogen-bond acceptors (Lipinski definition) is 5. The lowest BCUT2D eigenvalue weighted by atomic mass is 9.94. The third-order valence-corrected chi connectivity index (χ3v) is 5.16. The summed E-state index contributed by atoms with van der Waals surface area (Å²) in [6.45, 7) is 8.80. The average molecular weight is 420 g/mol. The molecule has 3 aromatic rings. The van der Waals surface area contributed by atoms with Crippen LogP contribution in [0.5, 0.6) is 0 Å². The number of H-pyrrole nitrogens is 1. The highest BCUT2D eigenvalue weighted by Gasteiger charge is 2.28. The van der Waals surface area contributed by atoms with E-state index < -0.39 is 22.9 Å². The Morgan fingerprint density at radius 3 is 2.32 bits per heavy atom. The maximum atomic E-state index is 13.7. The van der Waals surface area contributed by atoms with Crippen molar-refractivity contribution in [1.82, 2.24) is 14.5 Å². The normalized spacial score (nSPS) is 11.0. The molecular weight excluding hydrogens is 396 g/mol. The van der Waals surface area contributed by atoms with Gasteiger partial charge in [-0.1, -0.05) is 37.6 Å². The molecule has 2 aromatic heterocycles. The van der Waals surface area contributed by atoms with Crippen LogP contribution in [-0.2, 0) is 0 Å². The van der Waals surface area contributed by atoms with Gasteiger partial charge in [-0.15, -0.1) is 0 Å². The molecule has 3 rings (SSSR count). The number of aromatic nitrogens is 3. The van der Waals surface area contributed by atoms with E-state index in [1.165, 1.54) is 12.3 Å². The minimum Gasteiger partial charge on any atom is -0.366 e. The Morgan fingerprint density at radius 1 is 1.06 bits per heavy atom. The summed E-state index contributed by atoms with van der Waals surface area (Å²) in [4.78, 5) is 58.0. The van der Waals surface area contributed by atoms with Gasteiger partial charge < -0.3 is 5.73 Å². The molecule has 8 nitrogen and oxygen atoms in total. The number of nitrogens with one attached hydrogen (secondary N) is 1. The lowest BCUT2D eigenvalue weighted by molar-refractivity contribution is 0.0995. The van der Waals surface area contributed by atoms with Gasteiger partial charge in [0, 0.05) is 17.3 Å². The number of amides is 1. The molecule has 0 bridgehead atoms. The lowest BCUT2D eigenvalue weighted by Gasteiger charge is -2.20. The van der Waals surface area contributed by atoms with Gasteiger partial charge in [0.1, 0.15) is 5.69 Å². The SMILES string of the molecule is Cc1ccc(C(=O)c2c(C(C)C)c(=O)[nH]c(=O)n2-c2c(C(N)=O)ccnc2C)c(C)c1. The maximum Gasteiger partial charge on any atom is 0.333 e. The quantitative estimate of drug-likeness (QED) is 0.612. The molecule has 1 amide bonds. The summed E-state index contributed by atoms with van der Waals surface area (Å²) in [5, 5.41) is 0. The predicted octanol–water partition coefficient (Wildman–Crippen LogP) is 2.30. The Bertz CT molecular complexity index is 1330. The number of carbonyl (C=O) groups excluding carboxylic acids is 2. The van der Waals surface area contributed by atoms with Crippen molar-refractivity contribution in [3.63, 3.8) is 0 Å². The first-order valence-corrected chi connectivity index (χ1v) is 9.81. The Morgan fingerprint density at radius 2 is 1.74 bits per heavy atom. The number of hydrogen-bond donors (Lipinski definition) is 2. The van der Waals surface area contributed by atoms with Crippen LogP contribution in [-0.4, -0.2) is 26.2 Å². The summed E-state index contributed by atoms with van der Waals surface area (Å²) < 4.78 is 1.06. The van der Waals surface area contributed by atoms with Crippen LogP contribution < -0.4 is 17.0 Å². The highest BCUT2D eigenvalue weighted by Crippen LogP contribution is 2.25. The number of rotatable bonds is 5. The smallest absolute Gasteiger partial charge is 0.333 e. The van der Waals surface area contributed by atoms with E-state index in [1.807, 2.05) is 13.0 Å². The van der Waals surface area contributed by atoms with E-state index in [1.54, 1.807) is 39.8 Å². The van der Waals surface area contributed by atoms with Crippen LogP contribution in [0, 0.1) is 20.8 Å². The zero-order chi connectivity index (χ0) is 23.0. The lowest BCUT2D eigenvalue weighted by Crippen LogP contribution is -2.38. The van der Waals surface area contributed by atoms with E-state index in [9.17, 15) is 19.2 Å². The number of nitrogens with two attached hydrogens (primary N) is 1. The van der Waals surface area contributed by atoms with Crippen LogP contribution in [0.25, 0.3) is 5.69 Å². The number of pyridine rings is 1. The molecule has 0 fully saturated rings. The fourth-order valence-electron chi connectivity index (χ4n) is 3.76. The van der Waals surface area contributed by atoms with Crippen molar-refractivity contribution in [3.8, 4) is 5.69 Å². The summed E-state index contributed by atoms with van der Waals surface area (Å²) in [5.41, 5.74) is 6.53. The summed E-state index contributed by atoms with van der Waals surface area (Å²) in [7, 11) is 0. The molecule has 0 radical (unpaired) electrons. The molecule has 2 heterocycles. The molecule has 0 atom stereocenters. The van der Waals surface area contributed by atoms with Gasteiger partial charge in [-0.2, -0.15) is 0 Å². The molecule has 31 heavy (non-hydrogen) atoms. The molecule has 0 aliphatic heterocycles. The topological polar surface area (TPSA) is 128 Å². The highest BCUT2D eigenvalue weighted by atomic mass is 16.2. The molecular formula is C23H24N4O4. The molecule has 0 saturated heterocycles. The van der Waals surface area contributed by atoms with Crippen molar-refractivity contribution in [2.24, 2.45) is 5.73 Å². The number of aromatic amines is 1. The molecule has 1 aromatic carbocycles. The van der Waals surface area contributed by atoms with E-state index in [-0.39, 0.29) is 28.4 Å². The van der Waals surface area contributed by atoms with Crippen molar-refractivity contribution >= 4 is 11.7 Å². The third-order valence-electron chi connectivity index (χ3n) is 5.16. The zero-order valence-electron chi connectivity index (χ0n) is 18.1. The predicted molar refractivity (Wildman–Crippen MR) is 117 cm³/mol. The number of ketones is 1. The van der Waals surface area contributed by atoms with Crippen molar-refractivity contribution in [2.45, 2.75) is 40.5 Å². The molecule has 0 unspecified atom stereocenters. The summed E-state index contributed by atoms with van der Waals surface area (Å²) in [6, 6.07) is 6.68. The van der Waals surface area contributed by atoms with Gasteiger partial charge in [-0.25, -0.2) is 4.79 Å². The summed E-state index contributed by atoms with van der Waals surface area (Å²) in [6.07, 6.45) is 1.39. The van der Waals surface area contributed by atoms with Crippen LogP contribution in [0.1, 0.15) is 68.6 Å². The molecule has 0 saturated carbocycles. The van der Waals surface area contributed by atoms with Gasteiger partial charge in [0.05, 0.1) is 16.9 Å². The second-order valence-corrected chi connectivity index (χ2v) is 7.82. The number of aryl methyl sites for hydroxylation is 3. The van der Waals surface area contributed by atoms with Gasteiger partial charge >= 0.3 is 5.69 Å². The van der Waals surface area contributed by atoms with E-state index in [2.05, 4.69) is 9.97 Å². The van der Waals surface area contributed by atoms with Gasteiger partial charge in [0.15, 0.2) is 0 Å². The Labute approximate surface area is 178 Å². The first-order valence-electron chi connectivity index (χ1n) is 9.81. The van der Waals surface area contributed by atoms with Crippen LogP contribution in [0.4, 0.5) is 0 Å². The van der Waals surface area contributed by atoms with Crippen LogP contribution in [0.3, 0.4) is 0 Å². The standard InChI is InChI=1S/C23H24N4O4/c1-11(2)17-19(20(28)15-7-6-12(3)10-13(15)4)27(23(31)26-22(17)30)18-14(5)25-9-8-16(18)21(24)29/h6-11H,1-5H3,(H2,24,29)(H,26,30,31). The minimum absolute atomic E-state index is 0.0195. The molecule has 0 spiro atoms. The highest BCUT2D eigenvalue weighted by molar-refractivity contribution is 6.10. The van der Waals surface area contributed by atoms with Crippen molar-refractivity contribution in [2.75, 3.05) is 0 Å². The number of nitrogens with zero attached hydrogens (tertiary/aromatic N) is 2. The molecule has 160 valence electrons. The number of primary amides is 1. The molecule has 3 N–H and O–H groups in total. The largest absolute Gasteiger partial charge is 0.366 e. The average Bonchev–Trinajstić information content (AvgIpc) is 2.67. The maximum absolute atomic E-state index is 13.7. The van der Waals surface area contributed by atoms with Crippen LogP contribution in [0.2, 0.25) is 0 Å². The first kappa shape index (κ1) is 21.9. The third kappa shape index (κ3) is 3.84. The minimum atomic E-state index is -0.846. The second-order valence-electron chi connectivity index (χ2n) is 7.82. The van der Waals surface area contributed by atoms with Crippen LogP contribution in [0.15, 0.2) is 40.1 Å². The van der Waals surface area contributed by atoms with Crippen molar-refractivity contribution in [3.05, 3.63) is 90.5 Å². The fraction of sp³-hybridized carbons (Fsp3) is 0.261. The van der Waals surface area contributed by atoms with Crippen molar-refractivity contribution in [1.29, 1.82) is 0 Å². The monoisotopic (exact) mass is 420 g/mol. The van der Waals surface area contributed by atoms with Gasteiger partial charge in [0.25, 0.3) is 11.5 Å². The van der Waals surface area contributed by atoms with E-state index in [0.29, 0.717) is 16.8 Å². The van der Waals surface area contributed by atoms with Crippen LogP contribution >= 0.6 is 0 Å². The summed E-state index contributed by atoms with van der Waals surface area (Å²) in [5.74, 6) is -1.66. The second kappa shape index (κ2) is 8.14. The number of benzene rings is 1. The Kier molecular flexibility index (Phi) is 5.75. The summed E-state index contributed by atoms with van der Waals surface area (Å²) >= 11 is 0. The zero-order valence-corrected chi connectivity index (χ0v) is 18.1. The number of carbonyl (C=O) groups is 2. The van der Waals surface area contributed by atoms with E-state index >= 15 is 0 Å². The first-order chi connectivity index (χ1) is 14.5. The van der Waals surface area contributed by atoms with E-state index in [0.717, 1.165) is 10.1 Å². The molecule has 8 heteroatoms. The fourth-order valence-corrected chi connectivity index (χ4v) is 3.76. The Hall–Kier alpha value is -3.81. The Balaban J connectivity index is 2.52. The molecule has 0 aliphatic rings.